The van der Waals surface area contributed by atoms with E-state index in [1.54, 1.807) is 0 Å². The maximum atomic E-state index is 5.61. The Labute approximate surface area is 88.1 Å². The van der Waals surface area contributed by atoms with Crippen LogP contribution in [0, 0.1) is 5.41 Å². The van der Waals surface area contributed by atoms with Gasteiger partial charge in [-0.05, 0) is 24.8 Å². The van der Waals surface area contributed by atoms with Crippen molar-refractivity contribution in [3.63, 3.8) is 0 Å². The Balaban J connectivity index is 4.12. The number of nitrogens with zero attached hydrogens (tertiary/aromatic N) is 1. The molecule has 0 rings (SSSR count). The van der Waals surface area contributed by atoms with E-state index < -0.39 is 0 Å². The largest absolute Gasteiger partial charge is 0.477 e. The molecule has 0 aliphatic rings. The third kappa shape index (κ3) is 7.84. The standard InChI is InChI=1S/C12H23NO/c1-6-8-9-11(13-7-2)14-10-12(3,4)5/h8-9H,6-7,10H2,1-5H3/b9-8-,13-11?. The molecule has 0 heterocycles. The highest BCUT2D eigenvalue weighted by atomic mass is 16.5. The molecule has 0 N–H and O–H groups in total. The first-order valence-electron chi connectivity index (χ1n) is 5.33. The summed E-state index contributed by atoms with van der Waals surface area (Å²) in [6.45, 7) is 12.1. The fourth-order valence-corrected chi connectivity index (χ4v) is 0.811. The molecule has 0 saturated carbocycles. The highest BCUT2D eigenvalue weighted by molar-refractivity contribution is 5.87. The van der Waals surface area contributed by atoms with Gasteiger partial charge in [0.15, 0.2) is 0 Å². The molecule has 0 aliphatic carbocycles. The van der Waals surface area contributed by atoms with E-state index in [9.17, 15) is 0 Å². The van der Waals surface area contributed by atoms with Crippen molar-refractivity contribution in [3.05, 3.63) is 12.2 Å². The molecule has 2 heteroatoms. The zero-order valence-corrected chi connectivity index (χ0v) is 10.1. The zero-order valence-electron chi connectivity index (χ0n) is 10.1. The number of rotatable bonds is 4. The van der Waals surface area contributed by atoms with Crippen LogP contribution < -0.4 is 0 Å². The molecule has 0 aliphatic heterocycles. The Bertz CT molecular complexity index is 199. The Hall–Kier alpha value is -0.790. The number of aliphatic imine (C=N–C) groups is 1. The average molecular weight is 197 g/mol. The first-order valence-corrected chi connectivity index (χ1v) is 5.33. The molecule has 0 aromatic rings. The summed E-state index contributed by atoms with van der Waals surface area (Å²) in [7, 11) is 0. The fraction of sp³-hybridized carbons (Fsp3) is 0.750. The van der Waals surface area contributed by atoms with Gasteiger partial charge in [0.05, 0.1) is 6.61 Å². The lowest BCUT2D eigenvalue weighted by Gasteiger charge is -2.18. The molecule has 0 radical (unpaired) electrons. The Morgan fingerprint density at radius 1 is 1.29 bits per heavy atom. The monoisotopic (exact) mass is 197 g/mol. The van der Waals surface area contributed by atoms with E-state index >= 15 is 0 Å². The van der Waals surface area contributed by atoms with Crippen molar-refractivity contribution < 1.29 is 4.74 Å². The van der Waals surface area contributed by atoms with Gasteiger partial charge in [0.25, 0.3) is 0 Å². The quantitative estimate of drug-likeness (QED) is 0.500. The van der Waals surface area contributed by atoms with E-state index in [0.29, 0.717) is 6.61 Å². The molecule has 0 saturated heterocycles. The van der Waals surface area contributed by atoms with Crippen LogP contribution in [0.1, 0.15) is 41.0 Å². The second kappa shape index (κ2) is 6.63. The van der Waals surface area contributed by atoms with Crippen LogP contribution in [0.5, 0.6) is 0 Å². The van der Waals surface area contributed by atoms with E-state index in [2.05, 4.69) is 38.8 Å². The van der Waals surface area contributed by atoms with Crippen molar-refractivity contribution in [2.75, 3.05) is 13.2 Å². The molecule has 0 fully saturated rings. The molecular weight excluding hydrogens is 174 g/mol. The van der Waals surface area contributed by atoms with Gasteiger partial charge in [0.1, 0.15) is 0 Å². The number of allylic oxidation sites excluding steroid dienone is 1. The molecule has 14 heavy (non-hydrogen) atoms. The lowest BCUT2D eigenvalue weighted by molar-refractivity contribution is 0.188. The molecular formula is C12H23NO. The van der Waals surface area contributed by atoms with Gasteiger partial charge in [-0.25, -0.2) is 0 Å². The van der Waals surface area contributed by atoms with Gasteiger partial charge >= 0.3 is 0 Å². The van der Waals surface area contributed by atoms with E-state index in [1.165, 1.54) is 0 Å². The van der Waals surface area contributed by atoms with Gasteiger partial charge in [-0.1, -0.05) is 33.8 Å². The first kappa shape index (κ1) is 13.2. The lowest BCUT2D eigenvalue weighted by atomic mass is 9.99. The topological polar surface area (TPSA) is 21.6 Å². The number of hydrogen-bond acceptors (Lipinski definition) is 2. The summed E-state index contributed by atoms with van der Waals surface area (Å²) in [5, 5.41) is 0. The molecule has 2 nitrogen and oxygen atoms in total. The highest BCUT2D eigenvalue weighted by Gasteiger charge is 2.11. The van der Waals surface area contributed by atoms with Crippen LogP contribution in [0.4, 0.5) is 0 Å². The second-order valence-corrected chi connectivity index (χ2v) is 4.47. The Morgan fingerprint density at radius 2 is 1.93 bits per heavy atom. The molecule has 82 valence electrons. The summed E-state index contributed by atoms with van der Waals surface area (Å²) in [4.78, 5) is 4.27. The van der Waals surface area contributed by atoms with Gasteiger partial charge in [-0.2, -0.15) is 0 Å². The predicted molar refractivity (Wildman–Crippen MR) is 62.8 cm³/mol. The predicted octanol–water partition coefficient (Wildman–Crippen LogP) is 3.43. The minimum atomic E-state index is 0.189. The molecule has 0 aromatic carbocycles. The lowest BCUT2D eigenvalue weighted by Crippen LogP contribution is -2.17. The van der Waals surface area contributed by atoms with Crippen LogP contribution in [0.3, 0.4) is 0 Å². The fourth-order valence-electron chi connectivity index (χ4n) is 0.811. The summed E-state index contributed by atoms with van der Waals surface area (Å²) >= 11 is 0. The zero-order chi connectivity index (χ0) is 11.0. The summed E-state index contributed by atoms with van der Waals surface area (Å²) < 4.78 is 5.61. The second-order valence-electron chi connectivity index (χ2n) is 4.47. The average Bonchev–Trinajstić information content (AvgIpc) is 2.08. The van der Waals surface area contributed by atoms with Gasteiger partial charge in [-0.3, -0.25) is 4.99 Å². The molecule has 0 unspecified atom stereocenters. The summed E-state index contributed by atoms with van der Waals surface area (Å²) in [5.74, 6) is 0.754. The van der Waals surface area contributed by atoms with Gasteiger partial charge in [0, 0.05) is 6.54 Å². The van der Waals surface area contributed by atoms with Crippen LogP contribution in [-0.2, 0) is 4.74 Å². The van der Waals surface area contributed by atoms with Crippen LogP contribution >= 0.6 is 0 Å². The summed E-state index contributed by atoms with van der Waals surface area (Å²) in [5.41, 5.74) is 0.189. The molecule has 0 spiro atoms. The van der Waals surface area contributed by atoms with E-state index in [4.69, 9.17) is 4.74 Å². The van der Waals surface area contributed by atoms with E-state index in [1.807, 2.05) is 13.0 Å². The summed E-state index contributed by atoms with van der Waals surface area (Å²) in [6, 6.07) is 0. The normalized spacial score (nSPS) is 13.6. The first-order chi connectivity index (χ1) is 6.49. The Morgan fingerprint density at radius 3 is 2.36 bits per heavy atom. The van der Waals surface area contributed by atoms with E-state index in [-0.39, 0.29) is 5.41 Å². The Kier molecular flexibility index (Phi) is 6.26. The molecule has 0 amide bonds. The minimum Gasteiger partial charge on any atom is -0.477 e. The van der Waals surface area contributed by atoms with Crippen LogP contribution in [0.2, 0.25) is 0 Å². The van der Waals surface area contributed by atoms with Crippen molar-refractivity contribution in [2.24, 2.45) is 10.4 Å². The molecule has 0 atom stereocenters. The van der Waals surface area contributed by atoms with E-state index in [0.717, 1.165) is 18.9 Å². The van der Waals surface area contributed by atoms with Crippen molar-refractivity contribution in [1.82, 2.24) is 0 Å². The molecule has 0 bridgehead atoms. The smallest absolute Gasteiger partial charge is 0.208 e. The number of ether oxygens (including phenoxy) is 1. The van der Waals surface area contributed by atoms with Crippen LogP contribution in [0.25, 0.3) is 0 Å². The van der Waals surface area contributed by atoms with Crippen molar-refractivity contribution in [1.29, 1.82) is 0 Å². The number of hydrogen-bond donors (Lipinski definition) is 0. The third-order valence-corrected chi connectivity index (χ3v) is 1.46. The highest BCUT2D eigenvalue weighted by Crippen LogP contribution is 2.13. The van der Waals surface area contributed by atoms with Crippen molar-refractivity contribution >= 4 is 5.90 Å². The van der Waals surface area contributed by atoms with Crippen molar-refractivity contribution in [2.45, 2.75) is 41.0 Å². The van der Waals surface area contributed by atoms with Gasteiger partial charge < -0.3 is 4.74 Å². The van der Waals surface area contributed by atoms with Crippen LogP contribution in [0.15, 0.2) is 17.1 Å². The third-order valence-electron chi connectivity index (χ3n) is 1.46. The SMILES string of the molecule is CC/C=C\C(=NCC)OCC(C)(C)C. The maximum absolute atomic E-state index is 5.61. The summed E-state index contributed by atoms with van der Waals surface area (Å²) in [6.07, 6.45) is 5.04. The molecule has 0 aromatic heterocycles. The van der Waals surface area contributed by atoms with Gasteiger partial charge in [-0.15, -0.1) is 0 Å². The van der Waals surface area contributed by atoms with Crippen LogP contribution in [-0.4, -0.2) is 19.0 Å². The minimum absolute atomic E-state index is 0.189. The maximum Gasteiger partial charge on any atom is 0.208 e. The van der Waals surface area contributed by atoms with Gasteiger partial charge in [0.2, 0.25) is 5.90 Å². The van der Waals surface area contributed by atoms with Crippen molar-refractivity contribution in [3.8, 4) is 0 Å².